The number of hydrogen-bond donors (Lipinski definition) is 0. The molecule has 2 aromatic carbocycles. The molecule has 1 aliphatic heterocycles. The third-order valence-corrected chi connectivity index (χ3v) is 4.99. The molecule has 5 nitrogen and oxygen atoms in total. The molecule has 140 valence electrons. The number of carbonyl (C=O) groups excluding carboxylic acids is 1. The monoisotopic (exact) mass is 383 g/mol. The van der Waals surface area contributed by atoms with Crippen molar-refractivity contribution in [3.63, 3.8) is 0 Å². The summed E-state index contributed by atoms with van der Waals surface area (Å²) in [6.07, 6.45) is 0.908. The van der Waals surface area contributed by atoms with Crippen molar-refractivity contribution >= 4 is 17.5 Å². The first-order chi connectivity index (χ1) is 13.1. The van der Waals surface area contributed by atoms with Crippen molar-refractivity contribution in [1.82, 2.24) is 9.80 Å². The Labute approximate surface area is 164 Å². The lowest BCUT2D eigenvalue weighted by Crippen LogP contribution is -2.35. The molecule has 3 rings (SSSR count). The Morgan fingerprint density at radius 2 is 1.93 bits per heavy atom. The maximum absolute atomic E-state index is 13.0. The van der Waals surface area contributed by atoms with Crippen LogP contribution in [0.4, 0.5) is 0 Å². The van der Waals surface area contributed by atoms with E-state index in [4.69, 9.17) is 21.6 Å². The van der Waals surface area contributed by atoms with Crippen LogP contribution in [0, 0.1) is 11.3 Å². The van der Waals surface area contributed by atoms with Crippen molar-refractivity contribution in [2.24, 2.45) is 0 Å². The van der Waals surface area contributed by atoms with E-state index in [0.29, 0.717) is 35.0 Å². The lowest BCUT2D eigenvalue weighted by molar-refractivity contribution is 0.0757. The highest BCUT2D eigenvalue weighted by Gasteiger charge is 2.23. The van der Waals surface area contributed by atoms with Crippen LogP contribution in [0.15, 0.2) is 42.5 Å². The van der Waals surface area contributed by atoms with Crippen LogP contribution in [0.3, 0.4) is 0 Å². The molecular formula is C21H22ClN3O2. The van der Waals surface area contributed by atoms with Crippen molar-refractivity contribution in [3.8, 4) is 11.8 Å². The van der Waals surface area contributed by atoms with Crippen LogP contribution in [0.5, 0.6) is 5.75 Å². The summed E-state index contributed by atoms with van der Waals surface area (Å²) in [6, 6.07) is 14.9. The van der Waals surface area contributed by atoms with Crippen LogP contribution >= 0.6 is 11.6 Å². The van der Waals surface area contributed by atoms with Gasteiger partial charge in [0.1, 0.15) is 5.75 Å². The molecule has 0 radical (unpaired) electrons. The molecule has 0 N–H and O–H groups in total. The molecule has 0 aliphatic carbocycles. The number of benzene rings is 2. The lowest BCUT2D eigenvalue weighted by Gasteiger charge is -2.23. The fourth-order valence-corrected chi connectivity index (χ4v) is 3.46. The molecule has 0 spiro atoms. The van der Waals surface area contributed by atoms with Gasteiger partial charge in [-0.2, -0.15) is 5.26 Å². The van der Waals surface area contributed by atoms with Gasteiger partial charge in [-0.05, 0) is 42.3 Å². The van der Waals surface area contributed by atoms with Crippen LogP contribution in [0.2, 0.25) is 5.02 Å². The van der Waals surface area contributed by atoms with E-state index in [1.165, 1.54) is 5.56 Å². The van der Waals surface area contributed by atoms with Gasteiger partial charge in [-0.3, -0.25) is 9.69 Å². The van der Waals surface area contributed by atoms with Gasteiger partial charge in [-0.1, -0.05) is 23.7 Å². The van der Waals surface area contributed by atoms with E-state index in [0.717, 1.165) is 26.1 Å². The van der Waals surface area contributed by atoms with Crippen LogP contribution in [0.1, 0.15) is 27.9 Å². The summed E-state index contributed by atoms with van der Waals surface area (Å²) in [6.45, 7) is 3.91. The number of nitriles is 1. The first kappa shape index (κ1) is 19.2. The van der Waals surface area contributed by atoms with Crippen LogP contribution < -0.4 is 4.74 Å². The fourth-order valence-electron chi connectivity index (χ4n) is 3.29. The number of halogens is 1. The Morgan fingerprint density at radius 1 is 1.15 bits per heavy atom. The lowest BCUT2D eigenvalue weighted by atomic mass is 10.1. The van der Waals surface area contributed by atoms with Crippen molar-refractivity contribution in [2.45, 2.75) is 13.0 Å². The predicted molar refractivity (Wildman–Crippen MR) is 105 cm³/mol. The van der Waals surface area contributed by atoms with Gasteiger partial charge in [-0.25, -0.2) is 0 Å². The Kier molecular flexibility index (Phi) is 6.33. The minimum atomic E-state index is -0.0467. The van der Waals surface area contributed by atoms with E-state index in [2.05, 4.69) is 11.0 Å². The molecule has 1 aliphatic rings. The molecule has 0 bridgehead atoms. The molecule has 27 heavy (non-hydrogen) atoms. The second kappa shape index (κ2) is 8.90. The van der Waals surface area contributed by atoms with Crippen LogP contribution in [0.25, 0.3) is 0 Å². The van der Waals surface area contributed by atoms with E-state index in [9.17, 15) is 4.79 Å². The zero-order valence-electron chi connectivity index (χ0n) is 15.3. The summed E-state index contributed by atoms with van der Waals surface area (Å²) in [4.78, 5) is 17.2. The summed E-state index contributed by atoms with van der Waals surface area (Å²) in [5, 5.41) is 9.43. The van der Waals surface area contributed by atoms with Crippen molar-refractivity contribution < 1.29 is 9.53 Å². The Morgan fingerprint density at radius 3 is 2.63 bits per heavy atom. The van der Waals surface area contributed by atoms with E-state index >= 15 is 0 Å². The van der Waals surface area contributed by atoms with Gasteiger partial charge < -0.3 is 9.64 Å². The Bertz CT molecular complexity index is 845. The average molecular weight is 384 g/mol. The van der Waals surface area contributed by atoms with Gasteiger partial charge in [0.2, 0.25) is 0 Å². The topological polar surface area (TPSA) is 56.6 Å². The largest absolute Gasteiger partial charge is 0.496 e. The van der Waals surface area contributed by atoms with E-state index in [-0.39, 0.29) is 5.91 Å². The summed E-state index contributed by atoms with van der Waals surface area (Å²) in [7, 11) is 1.56. The summed E-state index contributed by atoms with van der Waals surface area (Å²) in [5.74, 6) is 0.498. The molecule has 0 aromatic heterocycles. The van der Waals surface area contributed by atoms with Gasteiger partial charge in [0, 0.05) is 37.7 Å². The number of hydrogen-bond acceptors (Lipinski definition) is 4. The first-order valence-electron chi connectivity index (χ1n) is 8.95. The quantitative estimate of drug-likeness (QED) is 0.809. The van der Waals surface area contributed by atoms with Crippen LogP contribution in [-0.4, -0.2) is 49.0 Å². The molecule has 1 heterocycles. The number of rotatable bonds is 4. The standard InChI is InChI=1S/C21H22ClN3O2/c1-27-20-8-7-18(22)13-19(20)21(26)25-10-2-9-24(11-12-25)15-17-5-3-16(14-23)4-6-17/h3-8,13H,2,9-12,15H2,1H3. The van der Waals surface area contributed by atoms with Crippen molar-refractivity contribution in [3.05, 3.63) is 64.2 Å². The SMILES string of the molecule is COc1ccc(Cl)cc1C(=O)N1CCCN(Cc2ccc(C#N)cc2)CC1. The number of ether oxygens (including phenoxy) is 1. The fraction of sp³-hybridized carbons (Fsp3) is 0.333. The Balaban J connectivity index is 1.65. The number of methoxy groups -OCH3 is 1. The molecule has 1 saturated heterocycles. The van der Waals surface area contributed by atoms with E-state index in [1.54, 1.807) is 25.3 Å². The van der Waals surface area contributed by atoms with Gasteiger partial charge in [0.15, 0.2) is 0 Å². The number of carbonyl (C=O) groups is 1. The number of nitrogens with zero attached hydrogens (tertiary/aromatic N) is 3. The van der Waals surface area contributed by atoms with Gasteiger partial charge in [0.05, 0.1) is 24.3 Å². The van der Waals surface area contributed by atoms with Crippen LogP contribution in [-0.2, 0) is 6.54 Å². The minimum absolute atomic E-state index is 0.0467. The third kappa shape index (κ3) is 4.79. The van der Waals surface area contributed by atoms with Gasteiger partial charge in [0.25, 0.3) is 5.91 Å². The third-order valence-electron chi connectivity index (χ3n) is 4.76. The predicted octanol–water partition coefficient (Wildman–Crippen LogP) is 3.57. The highest BCUT2D eigenvalue weighted by molar-refractivity contribution is 6.31. The molecule has 6 heteroatoms. The van der Waals surface area contributed by atoms with Crippen molar-refractivity contribution in [1.29, 1.82) is 5.26 Å². The maximum Gasteiger partial charge on any atom is 0.257 e. The average Bonchev–Trinajstić information content (AvgIpc) is 2.93. The summed E-state index contributed by atoms with van der Waals surface area (Å²) in [5.41, 5.74) is 2.35. The smallest absolute Gasteiger partial charge is 0.257 e. The molecule has 0 unspecified atom stereocenters. The highest BCUT2D eigenvalue weighted by atomic mass is 35.5. The summed E-state index contributed by atoms with van der Waals surface area (Å²) < 4.78 is 5.32. The second-order valence-corrected chi connectivity index (χ2v) is 7.01. The zero-order chi connectivity index (χ0) is 19.2. The Hall–Kier alpha value is -2.55. The van der Waals surface area contributed by atoms with Crippen molar-refractivity contribution in [2.75, 3.05) is 33.3 Å². The van der Waals surface area contributed by atoms with Gasteiger partial charge in [-0.15, -0.1) is 0 Å². The molecule has 1 amide bonds. The first-order valence-corrected chi connectivity index (χ1v) is 9.32. The molecule has 1 fully saturated rings. The normalized spacial score (nSPS) is 15.1. The second-order valence-electron chi connectivity index (χ2n) is 6.58. The van der Waals surface area contributed by atoms with E-state index < -0.39 is 0 Å². The molecular weight excluding hydrogens is 362 g/mol. The minimum Gasteiger partial charge on any atom is -0.496 e. The molecule has 2 aromatic rings. The van der Waals surface area contributed by atoms with Gasteiger partial charge >= 0.3 is 0 Å². The molecule has 0 saturated carbocycles. The highest BCUT2D eigenvalue weighted by Crippen LogP contribution is 2.24. The molecule has 0 atom stereocenters. The maximum atomic E-state index is 13.0. The number of amides is 1. The summed E-state index contributed by atoms with van der Waals surface area (Å²) >= 11 is 6.07. The van der Waals surface area contributed by atoms with E-state index in [1.807, 2.05) is 29.2 Å². The zero-order valence-corrected chi connectivity index (χ0v) is 16.1.